The van der Waals surface area contributed by atoms with Crippen molar-refractivity contribution in [2.24, 2.45) is 4.99 Å². The van der Waals surface area contributed by atoms with Crippen LogP contribution in [0, 0.1) is 0 Å². The molecule has 0 amide bonds. The van der Waals surface area contributed by atoms with Crippen LogP contribution >= 0.6 is 0 Å². The summed E-state index contributed by atoms with van der Waals surface area (Å²) in [6.45, 7) is 5.80. The predicted molar refractivity (Wildman–Crippen MR) is 200 cm³/mol. The zero-order chi connectivity index (χ0) is 32.9. The van der Waals surface area contributed by atoms with Crippen molar-refractivity contribution >= 4 is 62.2 Å². The number of hydrogen-bond donors (Lipinski definition) is 0. The standard InChI is InChI=1S/C43H28N4O2/c1-3-13-37-40(44-2)39-33(20-12-23-36(39)49-37)43-46-41(26-14-5-4-6-15-26)45-42(47-43)31-25-24-29(27-16-7-8-17-28(27)31)30-19-11-22-35-38(30)32-18-9-10-21-34(32)48-35/h3-25H,2H2,1H3/b13-3-. The van der Waals surface area contributed by atoms with Crippen LogP contribution < -0.4 is 0 Å². The number of benzene rings is 6. The van der Waals surface area contributed by atoms with Crippen molar-refractivity contribution in [3.8, 4) is 45.3 Å². The maximum absolute atomic E-state index is 6.24. The first-order chi connectivity index (χ1) is 24.2. The predicted octanol–water partition coefficient (Wildman–Crippen LogP) is 11.7. The van der Waals surface area contributed by atoms with Gasteiger partial charge in [0.1, 0.15) is 22.4 Å². The molecule has 3 heterocycles. The summed E-state index contributed by atoms with van der Waals surface area (Å²) in [5, 5.41) is 5.12. The number of rotatable bonds is 6. The molecule has 0 N–H and O–H groups in total. The smallest absolute Gasteiger partial charge is 0.164 e. The average Bonchev–Trinajstić information content (AvgIpc) is 3.72. The minimum Gasteiger partial charge on any atom is -0.456 e. The molecule has 0 bridgehead atoms. The van der Waals surface area contributed by atoms with E-state index < -0.39 is 0 Å². The van der Waals surface area contributed by atoms with Crippen LogP contribution in [0.25, 0.3) is 95.0 Å². The number of furan rings is 2. The van der Waals surface area contributed by atoms with Crippen LogP contribution in [0.15, 0.2) is 147 Å². The molecule has 9 aromatic rings. The van der Waals surface area contributed by atoms with Gasteiger partial charge in [-0.25, -0.2) is 15.0 Å². The van der Waals surface area contributed by atoms with Gasteiger partial charge in [0.2, 0.25) is 0 Å². The summed E-state index contributed by atoms with van der Waals surface area (Å²) in [4.78, 5) is 19.6. The number of aliphatic imine (C=N–C) groups is 1. The highest BCUT2D eigenvalue weighted by Crippen LogP contribution is 2.43. The van der Waals surface area contributed by atoms with Gasteiger partial charge in [-0.1, -0.05) is 109 Å². The van der Waals surface area contributed by atoms with Crippen LogP contribution in [-0.2, 0) is 0 Å². The summed E-state index contributed by atoms with van der Waals surface area (Å²) in [5.74, 6) is 2.31. The van der Waals surface area contributed by atoms with Gasteiger partial charge in [0.25, 0.3) is 0 Å². The van der Waals surface area contributed by atoms with Gasteiger partial charge in [0.05, 0.1) is 5.39 Å². The molecule has 6 nitrogen and oxygen atoms in total. The maximum atomic E-state index is 6.24. The van der Waals surface area contributed by atoms with Crippen LogP contribution in [0.4, 0.5) is 5.69 Å². The van der Waals surface area contributed by atoms with E-state index in [0.717, 1.165) is 65.9 Å². The molecule has 0 aliphatic carbocycles. The molecule has 232 valence electrons. The van der Waals surface area contributed by atoms with E-state index in [2.05, 4.69) is 72.4 Å². The lowest BCUT2D eigenvalue weighted by Crippen LogP contribution is -2.01. The zero-order valence-electron chi connectivity index (χ0n) is 26.6. The summed E-state index contributed by atoms with van der Waals surface area (Å²) >= 11 is 0. The van der Waals surface area contributed by atoms with E-state index in [1.807, 2.05) is 85.8 Å². The van der Waals surface area contributed by atoms with Gasteiger partial charge in [0, 0.05) is 27.5 Å². The molecular weight excluding hydrogens is 604 g/mol. The topological polar surface area (TPSA) is 77.3 Å². The Labute approximate surface area is 281 Å². The monoisotopic (exact) mass is 632 g/mol. The molecule has 0 spiro atoms. The highest BCUT2D eigenvalue weighted by atomic mass is 16.3. The summed E-state index contributed by atoms with van der Waals surface area (Å²) in [5.41, 5.74) is 7.88. The molecule has 0 fully saturated rings. The Hall–Kier alpha value is -6.66. The van der Waals surface area contributed by atoms with Crippen LogP contribution in [0.3, 0.4) is 0 Å². The van der Waals surface area contributed by atoms with Crippen molar-refractivity contribution in [1.29, 1.82) is 0 Å². The van der Waals surface area contributed by atoms with E-state index >= 15 is 0 Å². The van der Waals surface area contributed by atoms with Crippen molar-refractivity contribution in [3.63, 3.8) is 0 Å². The molecule has 0 unspecified atom stereocenters. The SMILES string of the molecule is C=Nc1c(/C=C\C)oc2cccc(-c3nc(-c4ccccc4)nc(-c4ccc(-c5cccc6oc7ccccc7c56)c5ccccc45)n3)c12. The Bertz CT molecular complexity index is 2760. The molecular formula is C43H28N4O2. The van der Waals surface area contributed by atoms with E-state index in [-0.39, 0.29) is 0 Å². The Kier molecular flexibility index (Phi) is 6.73. The Morgan fingerprint density at radius 1 is 0.510 bits per heavy atom. The second-order valence-corrected chi connectivity index (χ2v) is 11.8. The van der Waals surface area contributed by atoms with Crippen LogP contribution in [-0.4, -0.2) is 21.7 Å². The van der Waals surface area contributed by atoms with E-state index in [1.54, 1.807) is 0 Å². The minimum absolute atomic E-state index is 0.523. The summed E-state index contributed by atoms with van der Waals surface area (Å²) in [6.07, 6.45) is 3.81. The van der Waals surface area contributed by atoms with Gasteiger partial charge in [-0.15, -0.1) is 0 Å². The second-order valence-electron chi connectivity index (χ2n) is 11.8. The van der Waals surface area contributed by atoms with Crippen molar-refractivity contribution in [1.82, 2.24) is 15.0 Å². The highest BCUT2D eigenvalue weighted by molar-refractivity contribution is 6.16. The summed E-state index contributed by atoms with van der Waals surface area (Å²) < 4.78 is 12.4. The fraction of sp³-hybridized carbons (Fsp3) is 0.0233. The molecule has 0 radical (unpaired) electrons. The van der Waals surface area contributed by atoms with E-state index in [4.69, 9.17) is 23.8 Å². The molecule has 0 atom stereocenters. The summed E-state index contributed by atoms with van der Waals surface area (Å²) in [7, 11) is 0. The van der Waals surface area contributed by atoms with E-state index in [9.17, 15) is 0 Å². The lowest BCUT2D eigenvalue weighted by atomic mass is 9.92. The lowest BCUT2D eigenvalue weighted by molar-refractivity contribution is 0.605. The van der Waals surface area contributed by atoms with Gasteiger partial charge in [-0.05, 0) is 65.9 Å². The maximum Gasteiger partial charge on any atom is 0.164 e. The molecule has 6 heteroatoms. The van der Waals surface area contributed by atoms with Gasteiger partial charge in [-0.2, -0.15) is 0 Å². The zero-order valence-corrected chi connectivity index (χ0v) is 26.6. The number of para-hydroxylation sites is 1. The van der Waals surface area contributed by atoms with Crippen LogP contribution in [0.5, 0.6) is 0 Å². The Balaban J connectivity index is 1.30. The quantitative estimate of drug-likeness (QED) is 0.170. The first-order valence-corrected chi connectivity index (χ1v) is 16.1. The first kappa shape index (κ1) is 28.6. The molecule has 6 aromatic carbocycles. The molecule has 0 saturated heterocycles. The number of allylic oxidation sites excluding steroid dienone is 1. The van der Waals surface area contributed by atoms with Gasteiger partial charge >= 0.3 is 0 Å². The molecule has 0 saturated carbocycles. The van der Waals surface area contributed by atoms with Crippen LogP contribution in [0.2, 0.25) is 0 Å². The molecule has 0 aliphatic heterocycles. The van der Waals surface area contributed by atoms with E-state index in [1.165, 1.54) is 0 Å². The van der Waals surface area contributed by atoms with Crippen molar-refractivity contribution in [2.45, 2.75) is 6.92 Å². The number of hydrogen-bond acceptors (Lipinski definition) is 6. The number of aromatic nitrogens is 3. The van der Waals surface area contributed by atoms with Gasteiger partial charge < -0.3 is 8.83 Å². The van der Waals surface area contributed by atoms with Crippen LogP contribution in [0.1, 0.15) is 12.7 Å². The van der Waals surface area contributed by atoms with Crippen molar-refractivity contribution in [2.75, 3.05) is 0 Å². The summed E-state index contributed by atoms with van der Waals surface area (Å²) in [6, 6.07) is 43.0. The molecule has 9 rings (SSSR count). The largest absolute Gasteiger partial charge is 0.456 e. The fourth-order valence-electron chi connectivity index (χ4n) is 6.82. The fourth-order valence-corrected chi connectivity index (χ4v) is 6.82. The second kappa shape index (κ2) is 11.5. The molecule has 49 heavy (non-hydrogen) atoms. The first-order valence-electron chi connectivity index (χ1n) is 16.1. The highest BCUT2D eigenvalue weighted by Gasteiger charge is 2.21. The lowest BCUT2D eigenvalue weighted by Gasteiger charge is -2.14. The Morgan fingerprint density at radius 2 is 1.10 bits per heavy atom. The number of fused-ring (bicyclic) bond motifs is 5. The molecule has 0 aliphatic rings. The Morgan fingerprint density at radius 3 is 1.86 bits per heavy atom. The minimum atomic E-state index is 0.523. The number of nitrogens with zero attached hydrogens (tertiary/aromatic N) is 4. The van der Waals surface area contributed by atoms with E-state index in [0.29, 0.717) is 34.5 Å². The van der Waals surface area contributed by atoms with Crippen molar-refractivity contribution in [3.05, 3.63) is 139 Å². The van der Waals surface area contributed by atoms with Gasteiger partial charge in [0.15, 0.2) is 23.2 Å². The van der Waals surface area contributed by atoms with Gasteiger partial charge in [-0.3, -0.25) is 4.99 Å². The third-order valence-corrected chi connectivity index (χ3v) is 8.96. The third-order valence-electron chi connectivity index (χ3n) is 8.96. The molecule has 3 aromatic heterocycles. The average molecular weight is 633 g/mol. The normalized spacial score (nSPS) is 11.8. The van der Waals surface area contributed by atoms with Crippen molar-refractivity contribution < 1.29 is 8.83 Å². The third kappa shape index (κ3) is 4.65.